The zero-order valence-corrected chi connectivity index (χ0v) is 51.2. The van der Waals surface area contributed by atoms with Crippen molar-refractivity contribution in [2.24, 2.45) is 0 Å². The van der Waals surface area contributed by atoms with Gasteiger partial charge in [-0.15, -0.1) is 0 Å². The second kappa shape index (κ2) is 60.0. The minimum atomic E-state index is -1.53. The third-order valence-corrected chi connectivity index (χ3v) is 12.5. The second-order valence-electron chi connectivity index (χ2n) is 21.3. The Morgan fingerprint density at radius 2 is 0.713 bits per heavy atom. The smallest absolute Gasteiger partial charge is 0.361 e. The average molecular weight is 1110 g/mol. The second-order valence-corrected chi connectivity index (χ2v) is 21.3. The first-order chi connectivity index (χ1) is 39.1. The molecule has 9 heteroatoms. The number of ether oxygens (including phenoxy) is 4. The third kappa shape index (κ3) is 60.5. The van der Waals surface area contributed by atoms with Crippen LogP contribution in [-0.4, -0.2) is 87.4 Å². The largest absolute Gasteiger partial charge is 0.477 e. The van der Waals surface area contributed by atoms with Gasteiger partial charge in [-0.05, 0) is 128 Å². The Hall–Kier alpha value is -5.09. The number of hydrogen-bond donors (Lipinski definition) is 1. The van der Waals surface area contributed by atoms with E-state index in [1.165, 1.54) is 32.1 Å². The number of aliphatic carboxylic acids is 1. The standard InChI is InChI=1S/C71H113NO8/c1-6-8-10-12-14-16-18-20-22-24-25-26-27-28-29-30-31-32-33-34-35-36-37-38-39-40-41-42-43-44-45-46-48-50-52-54-56-58-60-62-69(74)80-67(66-79-71(70(75)76)77-64-63-72(3,4)5)65-78-68(73)61-59-57-55-53-51-49-47-23-21-19-17-15-13-11-9-7-2/h8,10,14,16-17,19-20,22-23,25-26,28-29,31-32,34-35,37-38,40-41,43-44,46-48,67,71H,6-7,9,11-13,15,18,21,24,27,30,33,36,39,42,45,49-66H2,1-5H3/p+1/b10-8-,16-14-,19-17-,22-20-,26-25-,29-28-,32-31-,35-34-,38-37-,41-40-,44-43-,47-23-,48-46-. The van der Waals surface area contributed by atoms with Crippen molar-refractivity contribution in [3.8, 4) is 0 Å². The van der Waals surface area contributed by atoms with Crippen LogP contribution in [0.15, 0.2) is 158 Å². The molecule has 2 atom stereocenters. The number of carboxylic acid groups (broad SMARTS) is 1. The Kier molecular flexibility index (Phi) is 56.2. The topological polar surface area (TPSA) is 108 Å². The number of hydrogen-bond acceptors (Lipinski definition) is 7. The fourth-order valence-electron chi connectivity index (χ4n) is 7.75. The van der Waals surface area contributed by atoms with E-state index < -0.39 is 24.3 Å². The highest BCUT2D eigenvalue weighted by Crippen LogP contribution is 2.13. The maximum atomic E-state index is 12.9. The van der Waals surface area contributed by atoms with Crippen LogP contribution in [0.2, 0.25) is 0 Å². The van der Waals surface area contributed by atoms with Crippen LogP contribution in [0.3, 0.4) is 0 Å². The van der Waals surface area contributed by atoms with Gasteiger partial charge >= 0.3 is 17.9 Å². The molecule has 0 fully saturated rings. The average Bonchev–Trinajstić information content (AvgIpc) is 3.43. The van der Waals surface area contributed by atoms with Gasteiger partial charge in [0.05, 0.1) is 34.4 Å². The van der Waals surface area contributed by atoms with E-state index >= 15 is 0 Å². The Labute approximate surface area is 489 Å². The van der Waals surface area contributed by atoms with E-state index in [-0.39, 0.29) is 38.6 Å². The van der Waals surface area contributed by atoms with Crippen LogP contribution >= 0.6 is 0 Å². The van der Waals surface area contributed by atoms with Gasteiger partial charge in [0, 0.05) is 12.8 Å². The summed E-state index contributed by atoms with van der Waals surface area (Å²) >= 11 is 0. The zero-order chi connectivity index (χ0) is 58.3. The van der Waals surface area contributed by atoms with Gasteiger partial charge in [-0.25, -0.2) is 4.79 Å². The molecule has 0 aliphatic heterocycles. The summed E-state index contributed by atoms with van der Waals surface area (Å²) in [6, 6.07) is 0. The normalized spacial score (nSPS) is 13.9. The number of carbonyl (C=O) groups is 3. The van der Waals surface area contributed by atoms with E-state index in [1.807, 2.05) is 21.1 Å². The number of unbranched alkanes of at least 4 members (excludes halogenated alkanes) is 14. The maximum absolute atomic E-state index is 12.9. The molecule has 450 valence electrons. The molecule has 0 aromatic heterocycles. The molecule has 0 saturated heterocycles. The van der Waals surface area contributed by atoms with Crippen molar-refractivity contribution < 1.29 is 42.9 Å². The molecule has 0 heterocycles. The van der Waals surface area contributed by atoms with Crippen LogP contribution in [0, 0.1) is 0 Å². The van der Waals surface area contributed by atoms with Crippen LogP contribution in [0.5, 0.6) is 0 Å². The lowest BCUT2D eigenvalue weighted by molar-refractivity contribution is -0.870. The number of esters is 2. The third-order valence-electron chi connectivity index (χ3n) is 12.5. The molecule has 0 aromatic rings. The molecule has 0 aliphatic carbocycles. The van der Waals surface area contributed by atoms with E-state index in [1.54, 1.807) is 0 Å². The Bertz CT molecular complexity index is 1870. The SMILES string of the molecule is CC/C=C\C/C=C\C/C=C\C/C=C\C/C=C\C/C=C\C/C=C\C/C=C\C/C=C\C/C=C\C/C=C\CCCCCCCC(=O)OC(COC(=O)CCCCCCC/C=C\C/C=C\CCCCCC)COC(OCC[N+](C)(C)C)C(=O)O. The molecule has 0 radical (unpaired) electrons. The summed E-state index contributed by atoms with van der Waals surface area (Å²) in [6.45, 7) is 4.68. The first kappa shape index (κ1) is 74.9. The molecule has 1 N–H and O–H groups in total. The van der Waals surface area contributed by atoms with Crippen molar-refractivity contribution in [1.82, 2.24) is 0 Å². The van der Waals surface area contributed by atoms with Crippen molar-refractivity contribution in [3.63, 3.8) is 0 Å². The molecular weight excluding hydrogens is 995 g/mol. The molecule has 0 rings (SSSR count). The van der Waals surface area contributed by atoms with Gasteiger partial charge in [0.1, 0.15) is 13.2 Å². The Balaban J connectivity index is 4.27. The van der Waals surface area contributed by atoms with Crippen LogP contribution in [0.1, 0.15) is 213 Å². The van der Waals surface area contributed by atoms with Gasteiger partial charge in [-0.1, -0.05) is 230 Å². The van der Waals surface area contributed by atoms with Gasteiger partial charge in [0.15, 0.2) is 6.10 Å². The lowest BCUT2D eigenvalue weighted by Crippen LogP contribution is -2.40. The zero-order valence-electron chi connectivity index (χ0n) is 51.2. The lowest BCUT2D eigenvalue weighted by atomic mass is 10.1. The molecular formula is C71H114NO8+. The van der Waals surface area contributed by atoms with Gasteiger partial charge in [-0.3, -0.25) is 9.59 Å². The number of likely N-dealkylation sites (N-methyl/N-ethyl adjacent to an activating group) is 1. The molecule has 0 spiro atoms. The number of quaternary nitrogens is 1. The quantitative estimate of drug-likeness (QED) is 0.0211. The summed E-state index contributed by atoms with van der Waals surface area (Å²) < 4.78 is 22.8. The maximum Gasteiger partial charge on any atom is 0.361 e. The number of allylic oxidation sites excluding steroid dienone is 26. The van der Waals surface area contributed by atoms with E-state index in [4.69, 9.17) is 18.9 Å². The van der Waals surface area contributed by atoms with Crippen LogP contribution in [0.25, 0.3) is 0 Å². The number of carbonyl (C=O) groups excluding carboxylic acids is 2. The van der Waals surface area contributed by atoms with Crippen LogP contribution in [0.4, 0.5) is 0 Å². The summed E-state index contributed by atoms with van der Waals surface area (Å²) in [7, 11) is 5.94. The lowest BCUT2D eigenvalue weighted by Gasteiger charge is -2.25. The highest BCUT2D eigenvalue weighted by atomic mass is 16.7. The molecule has 0 saturated carbocycles. The van der Waals surface area contributed by atoms with Crippen molar-refractivity contribution in [3.05, 3.63) is 158 Å². The number of carboxylic acids is 1. The number of nitrogens with zero attached hydrogens (tertiary/aromatic N) is 1. The monoisotopic (exact) mass is 1110 g/mol. The fourth-order valence-corrected chi connectivity index (χ4v) is 7.75. The van der Waals surface area contributed by atoms with E-state index in [0.717, 1.165) is 148 Å². The van der Waals surface area contributed by atoms with E-state index in [2.05, 4.69) is 172 Å². The summed E-state index contributed by atoms with van der Waals surface area (Å²) in [5.74, 6) is -2.07. The summed E-state index contributed by atoms with van der Waals surface area (Å²) in [6.07, 6.45) is 86.2. The van der Waals surface area contributed by atoms with Gasteiger partial charge < -0.3 is 28.5 Å². The van der Waals surface area contributed by atoms with Crippen molar-refractivity contribution in [1.29, 1.82) is 0 Å². The highest BCUT2D eigenvalue weighted by Gasteiger charge is 2.25. The van der Waals surface area contributed by atoms with Gasteiger partial charge in [0.2, 0.25) is 0 Å². The molecule has 0 bridgehead atoms. The fraction of sp³-hybridized carbons (Fsp3) is 0.592. The Morgan fingerprint density at radius 3 is 1.06 bits per heavy atom. The van der Waals surface area contributed by atoms with Crippen molar-refractivity contribution in [2.45, 2.75) is 225 Å². The minimum Gasteiger partial charge on any atom is -0.477 e. The first-order valence-electron chi connectivity index (χ1n) is 31.1. The highest BCUT2D eigenvalue weighted by molar-refractivity contribution is 5.71. The molecule has 0 aliphatic rings. The molecule has 9 nitrogen and oxygen atoms in total. The van der Waals surface area contributed by atoms with Crippen molar-refractivity contribution >= 4 is 17.9 Å². The molecule has 0 amide bonds. The molecule has 2 unspecified atom stereocenters. The predicted octanol–water partition coefficient (Wildman–Crippen LogP) is 19.0. The molecule has 0 aromatic carbocycles. The minimum absolute atomic E-state index is 0.173. The molecule has 80 heavy (non-hydrogen) atoms. The Morgan fingerprint density at radius 1 is 0.388 bits per heavy atom. The van der Waals surface area contributed by atoms with Crippen molar-refractivity contribution in [2.75, 3.05) is 47.5 Å². The summed E-state index contributed by atoms with van der Waals surface area (Å²) in [4.78, 5) is 37.4. The predicted molar refractivity (Wildman–Crippen MR) is 340 cm³/mol. The van der Waals surface area contributed by atoms with Gasteiger partial charge in [0.25, 0.3) is 6.29 Å². The first-order valence-corrected chi connectivity index (χ1v) is 31.1. The van der Waals surface area contributed by atoms with E-state index in [0.29, 0.717) is 17.4 Å². The van der Waals surface area contributed by atoms with Crippen LogP contribution < -0.4 is 0 Å². The van der Waals surface area contributed by atoms with Gasteiger partial charge in [-0.2, -0.15) is 0 Å². The summed E-state index contributed by atoms with van der Waals surface area (Å²) in [5.41, 5.74) is 0. The number of rotatable bonds is 55. The summed E-state index contributed by atoms with van der Waals surface area (Å²) in [5, 5.41) is 9.70. The van der Waals surface area contributed by atoms with E-state index in [9.17, 15) is 19.5 Å². The van der Waals surface area contributed by atoms with Crippen LogP contribution in [-0.2, 0) is 33.3 Å².